The SMILES string of the molecule is CN=C(NCCC(=O)OC(C)C)NCC1(CCOC)CCCC1.I. The Balaban J connectivity index is 0.00000529. The molecule has 1 fully saturated rings. The predicted octanol–water partition coefficient (Wildman–Crippen LogP) is 2.71. The quantitative estimate of drug-likeness (QED) is 0.242. The number of carbonyl (C=O) groups excluding carboxylic acids is 1. The minimum atomic E-state index is -0.185. The fraction of sp³-hybridized carbons (Fsp3) is 0.882. The van der Waals surface area contributed by atoms with Gasteiger partial charge in [0.1, 0.15) is 0 Å². The summed E-state index contributed by atoms with van der Waals surface area (Å²) in [5, 5.41) is 6.58. The molecule has 0 aromatic heterocycles. The van der Waals surface area contributed by atoms with Crippen LogP contribution < -0.4 is 10.6 Å². The van der Waals surface area contributed by atoms with Crippen molar-refractivity contribution in [3.8, 4) is 0 Å². The van der Waals surface area contributed by atoms with E-state index in [-0.39, 0.29) is 36.0 Å². The summed E-state index contributed by atoms with van der Waals surface area (Å²) in [4.78, 5) is 15.8. The molecule has 0 aromatic rings. The third-order valence-corrected chi connectivity index (χ3v) is 4.34. The van der Waals surface area contributed by atoms with Crippen LogP contribution in [0, 0.1) is 5.41 Å². The van der Waals surface area contributed by atoms with Crippen LogP contribution >= 0.6 is 24.0 Å². The van der Waals surface area contributed by atoms with Crippen molar-refractivity contribution < 1.29 is 14.3 Å². The van der Waals surface area contributed by atoms with Crippen molar-refractivity contribution in [2.45, 2.75) is 58.5 Å². The van der Waals surface area contributed by atoms with E-state index in [9.17, 15) is 4.79 Å². The van der Waals surface area contributed by atoms with Gasteiger partial charge in [-0.25, -0.2) is 0 Å². The average molecular weight is 455 g/mol. The van der Waals surface area contributed by atoms with Crippen molar-refractivity contribution in [1.29, 1.82) is 0 Å². The highest BCUT2D eigenvalue weighted by Gasteiger charge is 2.33. The number of ether oxygens (including phenoxy) is 2. The van der Waals surface area contributed by atoms with Crippen molar-refractivity contribution >= 4 is 35.9 Å². The highest BCUT2D eigenvalue weighted by Crippen LogP contribution is 2.40. The average Bonchev–Trinajstić information content (AvgIpc) is 2.97. The fourth-order valence-corrected chi connectivity index (χ4v) is 3.06. The van der Waals surface area contributed by atoms with Crippen LogP contribution in [-0.4, -0.2) is 51.9 Å². The Bertz CT molecular complexity index is 383. The van der Waals surface area contributed by atoms with E-state index in [1.165, 1.54) is 25.7 Å². The molecule has 0 heterocycles. The van der Waals surface area contributed by atoms with Gasteiger partial charge in [0, 0.05) is 33.9 Å². The first kappa shape index (κ1) is 23.4. The first-order valence-electron chi connectivity index (χ1n) is 8.64. The van der Waals surface area contributed by atoms with E-state index < -0.39 is 0 Å². The molecular formula is C17H34IN3O3. The number of nitrogens with zero attached hydrogens (tertiary/aromatic N) is 1. The van der Waals surface area contributed by atoms with E-state index >= 15 is 0 Å². The van der Waals surface area contributed by atoms with Gasteiger partial charge in [0.15, 0.2) is 5.96 Å². The molecule has 0 atom stereocenters. The summed E-state index contributed by atoms with van der Waals surface area (Å²) in [5.41, 5.74) is 0.310. The first-order chi connectivity index (χ1) is 11.0. The van der Waals surface area contributed by atoms with Gasteiger partial charge in [-0.2, -0.15) is 0 Å². The second-order valence-electron chi connectivity index (χ2n) is 6.59. The minimum Gasteiger partial charge on any atom is -0.463 e. The molecule has 0 aliphatic heterocycles. The van der Waals surface area contributed by atoms with Crippen molar-refractivity contribution in [1.82, 2.24) is 10.6 Å². The molecule has 0 bridgehead atoms. The number of esters is 1. The molecule has 0 unspecified atom stereocenters. The number of carbonyl (C=O) groups is 1. The number of rotatable bonds is 9. The molecule has 0 radical (unpaired) electrons. The lowest BCUT2D eigenvalue weighted by Crippen LogP contribution is -2.44. The van der Waals surface area contributed by atoms with Crippen LogP contribution in [0.1, 0.15) is 52.4 Å². The number of hydrogen-bond donors (Lipinski definition) is 2. The van der Waals surface area contributed by atoms with Crippen molar-refractivity contribution in [3.05, 3.63) is 0 Å². The van der Waals surface area contributed by atoms with E-state index in [2.05, 4.69) is 15.6 Å². The van der Waals surface area contributed by atoms with Gasteiger partial charge in [-0.05, 0) is 38.5 Å². The summed E-state index contributed by atoms with van der Waals surface area (Å²) in [7, 11) is 3.51. The molecule has 7 heteroatoms. The van der Waals surface area contributed by atoms with E-state index in [0.717, 1.165) is 25.5 Å². The second-order valence-corrected chi connectivity index (χ2v) is 6.59. The zero-order valence-electron chi connectivity index (χ0n) is 15.5. The standard InChI is InChI=1S/C17H33N3O3.HI/c1-14(2)23-15(21)7-11-19-16(18-3)20-13-17(10-12-22-4)8-5-6-9-17;/h14H,5-13H2,1-4H3,(H2,18,19,20);1H. The first-order valence-corrected chi connectivity index (χ1v) is 8.64. The third-order valence-electron chi connectivity index (χ3n) is 4.34. The molecule has 0 aromatic carbocycles. The van der Waals surface area contributed by atoms with Crippen LogP contribution in [0.3, 0.4) is 0 Å². The fourth-order valence-electron chi connectivity index (χ4n) is 3.06. The normalized spacial score (nSPS) is 16.6. The number of halogens is 1. The molecule has 0 spiro atoms. The van der Waals surface area contributed by atoms with Crippen LogP contribution in [0.4, 0.5) is 0 Å². The predicted molar refractivity (Wildman–Crippen MR) is 108 cm³/mol. The zero-order chi connectivity index (χ0) is 17.1. The Morgan fingerprint density at radius 1 is 1.25 bits per heavy atom. The Morgan fingerprint density at radius 2 is 1.92 bits per heavy atom. The van der Waals surface area contributed by atoms with Crippen molar-refractivity contribution in [2.24, 2.45) is 10.4 Å². The van der Waals surface area contributed by atoms with Crippen LogP contribution in [0.2, 0.25) is 0 Å². The molecule has 0 saturated heterocycles. The van der Waals surface area contributed by atoms with E-state index in [1.807, 2.05) is 13.8 Å². The maximum absolute atomic E-state index is 11.5. The Hall–Kier alpha value is -0.570. The van der Waals surface area contributed by atoms with Gasteiger partial charge in [0.05, 0.1) is 12.5 Å². The summed E-state index contributed by atoms with van der Waals surface area (Å²) in [6.07, 6.45) is 6.41. The molecule has 24 heavy (non-hydrogen) atoms. The van der Waals surface area contributed by atoms with Gasteiger partial charge < -0.3 is 20.1 Å². The summed E-state index contributed by atoms with van der Waals surface area (Å²) in [6.45, 7) is 5.93. The number of aliphatic imine (C=N–C) groups is 1. The molecular weight excluding hydrogens is 421 g/mol. The molecule has 6 nitrogen and oxygen atoms in total. The second kappa shape index (κ2) is 12.7. The molecule has 2 N–H and O–H groups in total. The van der Waals surface area contributed by atoms with Crippen LogP contribution in [0.5, 0.6) is 0 Å². The Morgan fingerprint density at radius 3 is 2.46 bits per heavy atom. The van der Waals surface area contributed by atoms with Gasteiger partial charge in [0.25, 0.3) is 0 Å². The van der Waals surface area contributed by atoms with Crippen LogP contribution in [0.15, 0.2) is 4.99 Å². The summed E-state index contributed by atoms with van der Waals surface area (Å²) in [6, 6.07) is 0. The zero-order valence-corrected chi connectivity index (χ0v) is 17.9. The largest absolute Gasteiger partial charge is 0.463 e. The van der Waals surface area contributed by atoms with E-state index in [0.29, 0.717) is 18.4 Å². The minimum absolute atomic E-state index is 0. The lowest BCUT2D eigenvalue weighted by molar-refractivity contribution is -0.147. The number of hydrogen-bond acceptors (Lipinski definition) is 4. The molecule has 142 valence electrons. The van der Waals surface area contributed by atoms with Gasteiger partial charge in [-0.3, -0.25) is 9.79 Å². The molecule has 0 amide bonds. The van der Waals surface area contributed by atoms with Gasteiger partial charge in [0.2, 0.25) is 0 Å². The molecule has 1 saturated carbocycles. The number of methoxy groups -OCH3 is 1. The summed E-state index contributed by atoms with van der Waals surface area (Å²) < 4.78 is 10.4. The monoisotopic (exact) mass is 455 g/mol. The number of nitrogens with one attached hydrogen (secondary N) is 2. The topological polar surface area (TPSA) is 72.0 Å². The number of guanidine groups is 1. The highest BCUT2D eigenvalue weighted by atomic mass is 127. The smallest absolute Gasteiger partial charge is 0.307 e. The van der Waals surface area contributed by atoms with Gasteiger partial charge >= 0.3 is 5.97 Å². The maximum atomic E-state index is 11.5. The maximum Gasteiger partial charge on any atom is 0.307 e. The molecule has 1 aliphatic rings. The van der Waals surface area contributed by atoms with Crippen LogP contribution in [0.25, 0.3) is 0 Å². The molecule has 1 rings (SSSR count). The van der Waals surface area contributed by atoms with Crippen molar-refractivity contribution in [3.63, 3.8) is 0 Å². The lowest BCUT2D eigenvalue weighted by atomic mass is 9.83. The molecule has 1 aliphatic carbocycles. The van der Waals surface area contributed by atoms with E-state index in [1.54, 1.807) is 14.2 Å². The Kier molecular flexibility index (Phi) is 12.4. The van der Waals surface area contributed by atoms with Gasteiger partial charge in [-0.1, -0.05) is 12.8 Å². The van der Waals surface area contributed by atoms with Gasteiger partial charge in [-0.15, -0.1) is 24.0 Å². The van der Waals surface area contributed by atoms with Crippen LogP contribution in [-0.2, 0) is 14.3 Å². The highest BCUT2D eigenvalue weighted by molar-refractivity contribution is 14.0. The third kappa shape index (κ3) is 9.05. The van der Waals surface area contributed by atoms with Crippen molar-refractivity contribution in [2.75, 3.05) is 33.9 Å². The van der Waals surface area contributed by atoms with E-state index in [4.69, 9.17) is 9.47 Å². The summed E-state index contributed by atoms with van der Waals surface area (Å²) in [5.74, 6) is 0.557. The lowest BCUT2D eigenvalue weighted by Gasteiger charge is -2.29. The Labute approximate surface area is 163 Å². The summed E-state index contributed by atoms with van der Waals surface area (Å²) >= 11 is 0.